The van der Waals surface area contributed by atoms with Crippen molar-refractivity contribution in [1.29, 1.82) is 0 Å². The Morgan fingerprint density at radius 3 is 2.50 bits per heavy atom. The van der Waals surface area contributed by atoms with Gasteiger partial charge in [-0.15, -0.1) is 0 Å². The Kier molecular flexibility index (Phi) is 5.96. The van der Waals surface area contributed by atoms with E-state index in [1.54, 1.807) is 6.20 Å². The van der Waals surface area contributed by atoms with Gasteiger partial charge in [0.2, 0.25) is 0 Å². The van der Waals surface area contributed by atoms with Gasteiger partial charge in [0.1, 0.15) is 18.2 Å². The number of nitrogens with zero attached hydrogens (tertiary/aromatic N) is 5. The van der Waals surface area contributed by atoms with Crippen LogP contribution in [-0.4, -0.2) is 87.8 Å². The molecule has 0 unspecified atom stereocenters. The molecule has 1 aromatic heterocycles. The second-order valence-corrected chi connectivity index (χ2v) is 8.06. The van der Waals surface area contributed by atoms with E-state index in [2.05, 4.69) is 38.9 Å². The van der Waals surface area contributed by atoms with Gasteiger partial charge >= 0.3 is 0 Å². The van der Waals surface area contributed by atoms with E-state index >= 15 is 0 Å². The number of hydrogen-bond donors (Lipinski definition) is 1. The first-order valence-corrected chi connectivity index (χ1v) is 10.1. The molecule has 3 heterocycles. The number of aromatic nitrogens is 2. The molecule has 0 aliphatic carbocycles. The summed E-state index contributed by atoms with van der Waals surface area (Å²) in [5, 5.41) is 10.6. The van der Waals surface area contributed by atoms with Crippen LogP contribution in [0.5, 0.6) is 5.75 Å². The van der Waals surface area contributed by atoms with Crippen molar-refractivity contribution >= 4 is 0 Å². The number of rotatable bonds is 6. The van der Waals surface area contributed by atoms with Crippen molar-refractivity contribution in [2.45, 2.75) is 25.3 Å². The predicted molar refractivity (Wildman–Crippen MR) is 108 cm³/mol. The molecule has 1 aromatic carbocycles. The second-order valence-electron chi connectivity index (χ2n) is 8.06. The summed E-state index contributed by atoms with van der Waals surface area (Å²) in [5.74, 6) is 1.76. The summed E-state index contributed by atoms with van der Waals surface area (Å²) in [6, 6.07) is 8.52. The van der Waals surface area contributed by atoms with Crippen LogP contribution in [0.25, 0.3) is 0 Å². The van der Waals surface area contributed by atoms with Crippen LogP contribution in [0.1, 0.15) is 11.4 Å². The minimum absolute atomic E-state index is 0.258. The lowest BCUT2D eigenvalue weighted by atomic mass is 10.1. The zero-order chi connectivity index (χ0) is 19.5. The zero-order valence-corrected chi connectivity index (χ0v) is 16.9. The minimum Gasteiger partial charge on any atom is -0.486 e. The Hall–Kier alpha value is -1.93. The molecule has 2 aromatic rings. The molecule has 152 valence electrons. The average Bonchev–Trinajstić information content (AvgIpc) is 3.27. The molecule has 2 fully saturated rings. The molecule has 0 spiro atoms. The highest BCUT2D eigenvalue weighted by molar-refractivity contribution is 5.27. The highest BCUT2D eigenvalue weighted by atomic mass is 16.5. The lowest BCUT2D eigenvalue weighted by Gasteiger charge is -2.37. The van der Waals surface area contributed by atoms with Crippen LogP contribution >= 0.6 is 0 Å². The standard InChI is InChI=1S/C21H31N5O2/c1-23-9-11-26(12-10-23)19-14-25(15-20(19)27)13-17-3-5-18(6-4-17)28-16-21-22-7-8-24(21)2/h3-8,19-20,27H,9-16H2,1-2H3/t19-,20+/m1/s1. The SMILES string of the molecule is CN1CCN([C@@H]2CN(Cc3ccc(OCc4nccn4C)cc3)C[C@@H]2O)CC1. The van der Waals surface area contributed by atoms with Gasteiger partial charge in [0, 0.05) is 71.3 Å². The fourth-order valence-electron chi connectivity index (χ4n) is 4.12. The summed E-state index contributed by atoms with van der Waals surface area (Å²) in [6.07, 6.45) is 3.44. The van der Waals surface area contributed by atoms with E-state index in [9.17, 15) is 5.11 Å². The summed E-state index contributed by atoms with van der Waals surface area (Å²) in [7, 11) is 4.13. The molecule has 0 amide bonds. The van der Waals surface area contributed by atoms with E-state index in [0.717, 1.165) is 57.4 Å². The normalized spacial score (nSPS) is 24.7. The second kappa shape index (κ2) is 8.61. The van der Waals surface area contributed by atoms with Gasteiger partial charge < -0.3 is 19.3 Å². The summed E-state index contributed by atoms with van der Waals surface area (Å²) in [6.45, 7) is 7.28. The van der Waals surface area contributed by atoms with Crippen LogP contribution in [-0.2, 0) is 20.2 Å². The lowest BCUT2D eigenvalue weighted by molar-refractivity contribution is 0.0512. The highest BCUT2D eigenvalue weighted by Crippen LogP contribution is 2.21. The van der Waals surface area contributed by atoms with Gasteiger partial charge in [-0.25, -0.2) is 4.98 Å². The first-order valence-electron chi connectivity index (χ1n) is 10.1. The lowest BCUT2D eigenvalue weighted by Crippen LogP contribution is -2.52. The number of imidazole rings is 1. The molecule has 2 saturated heterocycles. The Labute approximate surface area is 167 Å². The Morgan fingerprint density at radius 2 is 1.82 bits per heavy atom. The van der Waals surface area contributed by atoms with E-state index in [1.807, 2.05) is 29.9 Å². The molecule has 4 rings (SSSR count). The number of aliphatic hydroxyl groups excluding tert-OH is 1. The van der Waals surface area contributed by atoms with Gasteiger partial charge in [-0.05, 0) is 24.7 Å². The summed E-state index contributed by atoms with van der Waals surface area (Å²) < 4.78 is 7.79. The van der Waals surface area contributed by atoms with Crippen molar-refractivity contribution in [2.24, 2.45) is 7.05 Å². The number of piperazine rings is 1. The van der Waals surface area contributed by atoms with Crippen LogP contribution in [0.2, 0.25) is 0 Å². The fraction of sp³-hybridized carbons (Fsp3) is 0.571. The Bertz CT molecular complexity index is 754. The van der Waals surface area contributed by atoms with E-state index in [4.69, 9.17) is 4.74 Å². The number of likely N-dealkylation sites (tertiary alicyclic amines) is 1. The topological polar surface area (TPSA) is 57.0 Å². The van der Waals surface area contributed by atoms with Crippen molar-refractivity contribution in [1.82, 2.24) is 24.3 Å². The van der Waals surface area contributed by atoms with E-state index in [1.165, 1.54) is 5.56 Å². The molecule has 0 bridgehead atoms. The van der Waals surface area contributed by atoms with Crippen molar-refractivity contribution in [3.63, 3.8) is 0 Å². The molecule has 1 N–H and O–H groups in total. The van der Waals surface area contributed by atoms with Gasteiger partial charge in [0.15, 0.2) is 0 Å². The summed E-state index contributed by atoms with van der Waals surface area (Å²) >= 11 is 0. The predicted octanol–water partition coefficient (Wildman–Crippen LogP) is 0.792. The Morgan fingerprint density at radius 1 is 1.07 bits per heavy atom. The molecule has 0 saturated carbocycles. The molecule has 0 radical (unpaired) electrons. The number of aryl methyl sites for hydroxylation is 1. The maximum atomic E-state index is 10.6. The van der Waals surface area contributed by atoms with Crippen molar-refractivity contribution in [3.05, 3.63) is 48.0 Å². The van der Waals surface area contributed by atoms with Crippen LogP contribution in [0.3, 0.4) is 0 Å². The van der Waals surface area contributed by atoms with Crippen LogP contribution in [0.15, 0.2) is 36.7 Å². The first-order chi connectivity index (χ1) is 13.6. The van der Waals surface area contributed by atoms with E-state index < -0.39 is 0 Å². The summed E-state index contributed by atoms with van der Waals surface area (Å²) in [4.78, 5) is 11.4. The number of aliphatic hydroxyl groups is 1. The molecular formula is C21H31N5O2. The van der Waals surface area contributed by atoms with Gasteiger partial charge in [-0.3, -0.25) is 9.80 Å². The molecule has 7 heteroatoms. The van der Waals surface area contributed by atoms with Crippen LogP contribution in [0, 0.1) is 0 Å². The molecular weight excluding hydrogens is 354 g/mol. The molecule has 2 aliphatic heterocycles. The third kappa shape index (κ3) is 4.55. The molecule has 2 aliphatic rings. The van der Waals surface area contributed by atoms with Crippen molar-refractivity contribution in [3.8, 4) is 5.75 Å². The van der Waals surface area contributed by atoms with Crippen LogP contribution < -0.4 is 4.74 Å². The first kappa shape index (κ1) is 19.4. The highest BCUT2D eigenvalue weighted by Gasteiger charge is 2.36. The largest absolute Gasteiger partial charge is 0.486 e. The fourth-order valence-corrected chi connectivity index (χ4v) is 4.12. The Balaban J connectivity index is 1.28. The maximum absolute atomic E-state index is 10.6. The van der Waals surface area contributed by atoms with E-state index in [-0.39, 0.29) is 12.1 Å². The molecule has 7 nitrogen and oxygen atoms in total. The number of β-amino-alcohol motifs (C(OH)–C–C–N with tert-alkyl or cyclic N) is 1. The van der Waals surface area contributed by atoms with Gasteiger partial charge in [0.25, 0.3) is 0 Å². The van der Waals surface area contributed by atoms with Crippen molar-refractivity contribution in [2.75, 3.05) is 46.3 Å². The molecule has 2 atom stereocenters. The van der Waals surface area contributed by atoms with Crippen molar-refractivity contribution < 1.29 is 9.84 Å². The number of ether oxygens (including phenoxy) is 1. The van der Waals surface area contributed by atoms with Gasteiger partial charge in [0.05, 0.1) is 6.10 Å². The summed E-state index contributed by atoms with van der Waals surface area (Å²) in [5.41, 5.74) is 1.25. The maximum Gasteiger partial charge on any atom is 0.146 e. The smallest absolute Gasteiger partial charge is 0.146 e. The van der Waals surface area contributed by atoms with Crippen LogP contribution in [0.4, 0.5) is 0 Å². The minimum atomic E-state index is -0.260. The third-order valence-electron chi connectivity index (χ3n) is 5.96. The quantitative estimate of drug-likeness (QED) is 0.794. The number of likely N-dealkylation sites (N-methyl/N-ethyl adjacent to an activating group) is 1. The van der Waals surface area contributed by atoms with E-state index in [0.29, 0.717) is 6.61 Å². The average molecular weight is 386 g/mol. The molecule has 28 heavy (non-hydrogen) atoms. The van der Waals surface area contributed by atoms with Gasteiger partial charge in [-0.2, -0.15) is 0 Å². The number of benzene rings is 1. The monoisotopic (exact) mass is 385 g/mol. The zero-order valence-electron chi connectivity index (χ0n) is 16.9. The third-order valence-corrected chi connectivity index (χ3v) is 5.96. The number of hydrogen-bond acceptors (Lipinski definition) is 6. The van der Waals surface area contributed by atoms with Gasteiger partial charge in [-0.1, -0.05) is 12.1 Å².